The summed E-state index contributed by atoms with van der Waals surface area (Å²) in [4.78, 5) is 21.4. The van der Waals surface area contributed by atoms with Crippen LogP contribution >= 0.6 is 34.8 Å². The maximum atomic E-state index is 10.3. The van der Waals surface area contributed by atoms with Crippen molar-refractivity contribution in [1.29, 1.82) is 0 Å². The molecule has 0 aliphatic heterocycles. The molecule has 0 aromatic heterocycles. The molecule has 9 heteroatoms. The molecule has 108 valence electrons. The maximum Gasteiger partial charge on any atom is 0.407 e. The average molecular weight is 324 g/mol. The van der Waals surface area contributed by atoms with E-state index in [1.807, 2.05) is 0 Å². The minimum absolute atomic E-state index is 0.551. The summed E-state index contributed by atoms with van der Waals surface area (Å²) in [5.74, 6) is 0. The van der Waals surface area contributed by atoms with Gasteiger partial charge in [0.05, 0.1) is 0 Å². The van der Waals surface area contributed by atoms with Crippen LogP contribution in [0.15, 0.2) is 0 Å². The van der Waals surface area contributed by atoms with Crippen molar-refractivity contribution in [3.63, 3.8) is 0 Å². The summed E-state index contributed by atoms with van der Waals surface area (Å²) >= 11 is 16.4. The lowest BCUT2D eigenvalue weighted by molar-refractivity contribution is 0.0485. The molecule has 0 aliphatic carbocycles. The largest absolute Gasteiger partial charge is 0.465 e. The summed E-state index contributed by atoms with van der Waals surface area (Å²) in [5, 5.41) is 8.11. The maximum absolute atomic E-state index is 10.3. The lowest BCUT2D eigenvalue weighted by Crippen LogP contribution is -2.42. The Hall–Kier alpha value is -0.590. The Labute approximate surface area is 121 Å². The Bertz CT molecular complexity index is 292. The predicted molar refractivity (Wildman–Crippen MR) is 71.4 cm³/mol. The van der Waals surface area contributed by atoms with Crippen molar-refractivity contribution >= 4 is 47.0 Å². The van der Waals surface area contributed by atoms with E-state index < -0.39 is 21.6 Å². The van der Waals surface area contributed by atoms with Gasteiger partial charge in [-0.1, -0.05) is 34.8 Å². The van der Waals surface area contributed by atoms with Gasteiger partial charge in [-0.3, -0.25) is 0 Å². The number of nitrogens with two attached hydrogens (primary N) is 1. The van der Waals surface area contributed by atoms with Gasteiger partial charge in [0.15, 0.2) is 5.60 Å². The number of hydrogen-bond donors (Lipinski definition) is 2. The molecule has 3 N–H and O–H groups in total. The van der Waals surface area contributed by atoms with Gasteiger partial charge in [-0.2, -0.15) is 0 Å². The van der Waals surface area contributed by atoms with Crippen LogP contribution in [0.2, 0.25) is 0 Å². The lowest BCUT2D eigenvalue weighted by Gasteiger charge is -2.30. The molecule has 2 amide bonds. The molecule has 0 aliphatic rings. The van der Waals surface area contributed by atoms with Crippen molar-refractivity contribution in [3.8, 4) is 0 Å². The highest BCUT2D eigenvalue weighted by molar-refractivity contribution is 6.68. The Morgan fingerprint density at radius 3 is 1.78 bits per heavy atom. The predicted octanol–water partition coefficient (Wildman–Crippen LogP) is 2.85. The van der Waals surface area contributed by atoms with Gasteiger partial charge in [-0.25, -0.2) is 9.59 Å². The molecule has 0 fully saturated rings. The van der Waals surface area contributed by atoms with Crippen LogP contribution in [0.4, 0.5) is 9.59 Å². The Kier molecular flexibility index (Phi) is 8.51. The summed E-state index contributed by atoms with van der Waals surface area (Å²) in [6.07, 6.45) is -1.84. The first-order valence-electron chi connectivity index (χ1n) is 4.84. The van der Waals surface area contributed by atoms with E-state index in [1.165, 1.54) is 25.8 Å². The van der Waals surface area contributed by atoms with Crippen LogP contribution in [0.1, 0.15) is 20.8 Å². The van der Waals surface area contributed by atoms with Crippen molar-refractivity contribution in [1.82, 2.24) is 4.90 Å². The fourth-order valence-electron chi connectivity index (χ4n) is 0.445. The number of carbonyl (C=O) groups is 2. The van der Waals surface area contributed by atoms with Gasteiger partial charge >= 0.3 is 12.2 Å². The minimum atomic E-state index is -1.68. The number of nitrogens with zero attached hydrogens (tertiary/aromatic N) is 1. The van der Waals surface area contributed by atoms with Crippen molar-refractivity contribution < 1.29 is 19.4 Å². The van der Waals surface area contributed by atoms with Crippen molar-refractivity contribution in [2.45, 2.75) is 30.2 Å². The second-order valence-corrected chi connectivity index (χ2v) is 6.01. The van der Waals surface area contributed by atoms with E-state index in [9.17, 15) is 9.59 Å². The molecule has 0 spiro atoms. The summed E-state index contributed by atoms with van der Waals surface area (Å²) in [5.41, 5.74) is 3.52. The normalized spacial score (nSPS) is 11.1. The topological polar surface area (TPSA) is 92.9 Å². The van der Waals surface area contributed by atoms with Crippen molar-refractivity contribution in [3.05, 3.63) is 0 Å². The highest BCUT2D eigenvalue weighted by Gasteiger charge is 2.43. The number of amides is 2. The van der Waals surface area contributed by atoms with E-state index in [1.54, 1.807) is 6.92 Å². The highest BCUT2D eigenvalue weighted by atomic mass is 35.6. The van der Waals surface area contributed by atoms with Gasteiger partial charge in [0.25, 0.3) is 0 Å². The van der Waals surface area contributed by atoms with Gasteiger partial charge in [0, 0.05) is 13.6 Å². The van der Waals surface area contributed by atoms with Crippen LogP contribution in [0, 0.1) is 0 Å². The number of halogens is 3. The van der Waals surface area contributed by atoms with Crippen LogP contribution in [0.3, 0.4) is 0 Å². The fraction of sp³-hybridized carbons (Fsp3) is 0.778. The zero-order valence-electron chi connectivity index (χ0n) is 10.5. The standard InChI is InChI=1S/C5H8Cl3NO2.C4H9NO2/c1-4(2,5(6,7)8)11-3(9)10;1-3-5(2)4(6)7/h1-2H3,(H2,9,10);3H2,1-2H3,(H,6,7). The molecule has 0 saturated carbocycles. The monoisotopic (exact) mass is 322 g/mol. The first-order valence-corrected chi connectivity index (χ1v) is 5.97. The summed E-state index contributed by atoms with van der Waals surface area (Å²) in [7, 11) is 1.53. The van der Waals surface area contributed by atoms with Crippen molar-refractivity contribution in [2.24, 2.45) is 5.73 Å². The molecule has 0 atom stereocenters. The number of carbonyl (C=O) groups excluding carboxylic acids is 1. The van der Waals surface area contributed by atoms with Gasteiger partial charge in [-0.05, 0) is 20.8 Å². The van der Waals surface area contributed by atoms with Gasteiger partial charge in [0.1, 0.15) is 0 Å². The number of rotatable bonds is 2. The molecule has 0 rings (SSSR count). The second-order valence-electron chi connectivity index (χ2n) is 3.73. The Morgan fingerprint density at radius 1 is 1.33 bits per heavy atom. The SMILES string of the molecule is CC(C)(OC(N)=O)C(Cl)(Cl)Cl.CCN(C)C(=O)O. The number of carboxylic acid groups (broad SMARTS) is 1. The molecule has 6 nitrogen and oxygen atoms in total. The van der Waals surface area contributed by atoms with Gasteiger partial charge in [-0.15, -0.1) is 0 Å². The van der Waals surface area contributed by atoms with Gasteiger partial charge in [0.2, 0.25) is 3.79 Å². The molecule has 0 aromatic rings. The summed E-state index contributed by atoms with van der Waals surface area (Å²) in [6.45, 7) is 5.24. The number of primary amides is 1. The summed E-state index contributed by atoms with van der Waals surface area (Å²) in [6, 6.07) is 0. The van der Waals surface area contributed by atoms with E-state index >= 15 is 0 Å². The molecular formula is C9H17Cl3N2O4. The molecule has 0 heterocycles. The van der Waals surface area contributed by atoms with E-state index in [2.05, 4.69) is 4.74 Å². The van der Waals surface area contributed by atoms with E-state index in [0.29, 0.717) is 6.54 Å². The van der Waals surface area contributed by atoms with Crippen LogP contribution in [-0.2, 0) is 4.74 Å². The summed E-state index contributed by atoms with van der Waals surface area (Å²) < 4.78 is 2.87. The minimum Gasteiger partial charge on any atom is -0.465 e. The zero-order valence-corrected chi connectivity index (χ0v) is 12.8. The Morgan fingerprint density at radius 2 is 1.72 bits per heavy atom. The third-order valence-corrected chi connectivity index (χ3v) is 3.20. The van der Waals surface area contributed by atoms with Crippen LogP contribution in [0.25, 0.3) is 0 Å². The van der Waals surface area contributed by atoms with E-state index in [-0.39, 0.29) is 0 Å². The number of alkyl halides is 3. The first-order chi connectivity index (χ1) is 7.85. The molecule has 0 aromatic carbocycles. The zero-order chi connectivity index (χ0) is 15.1. The number of ether oxygens (including phenoxy) is 1. The second kappa shape index (κ2) is 7.76. The average Bonchev–Trinajstić information content (AvgIpc) is 2.13. The lowest BCUT2D eigenvalue weighted by atomic mass is 10.2. The van der Waals surface area contributed by atoms with Crippen LogP contribution < -0.4 is 5.73 Å². The van der Waals surface area contributed by atoms with Crippen molar-refractivity contribution in [2.75, 3.05) is 13.6 Å². The molecular weight excluding hydrogens is 306 g/mol. The fourth-order valence-corrected chi connectivity index (χ4v) is 0.560. The highest BCUT2D eigenvalue weighted by Crippen LogP contribution is 2.40. The van der Waals surface area contributed by atoms with E-state index in [0.717, 1.165) is 0 Å². The van der Waals surface area contributed by atoms with Crippen LogP contribution in [0.5, 0.6) is 0 Å². The Balaban J connectivity index is 0. The molecule has 18 heavy (non-hydrogen) atoms. The van der Waals surface area contributed by atoms with E-state index in [4.69, 9.17) is 45.6 Å². The molecule has 0 unspecified atom stereocenters. The molecule has 0 saturated heterocycles. The number of hydrogen-bond acceptors (Lipinski definition) is 3. The third-order valence-electron chi connectivity index (χ3n) is 1.84. The first kappa shape index (κ1) is 19.7. The quantitative estimate of drug-likeness (QED) is 0.764. The van der Waals surface area contributed by atoms with Gasteiger partial charge < -0.3 is 20.5 Å². The third kappa shape index (κ3) is 8.49. The molecule has 0 radical (unpaired) electrons. The molecule has 0 bridgehead atoms. The van der Waals surface area contributed by atoms with Crippen LogP contribution in [-0.4, -0.2) is 45.2 Å². The smallest absolute Gasteiger partial charge is 0.407 e.